The van der Waals surface area contributed by atoms with Gasteiger partial charge in [0.15, 0.2) is 11.6 Å². The number of rotatable bonds is 4. The first-order chi connectivity index (χ1) is 13.4. The number of amides is 1. The lowest BCUT2D eigenvalue weighted by atomic mass is 9.93. The fourth-order valence-electron chi connectivity index (χ4n) is 2.58. The summed E-state index contributed by atoms with van der Waals surface area (Å²) in [5, 5.41) is 13.0. The molecule has 0 aliphatic rings. The van der Waals surface area contributed by atoms with Gasteiger partial charge in [-0.2, -0.15) is 0 Å². The minimum absolute atomic E-state index is 0.0626. The van der Waals surface area contributed by atoms with Crippen LogP contribution >= 0.6 is 11.3 Å². The van der Waals surface area contributed by atoms with Crippen LogP contribution in [0.5, 0.6) is 0 Å². The Morgan fingerprint density at radius 2 is 1.93 bits per heavy atom. The number of hydrogen-bond donors (Lipinski definition) is 1. The summed E-state index contributed by atoms with van der Waals surface area (Å²) in [5.74, 6) is 1.25. The fourth-order valence-corrected chi connectivity index (χ4v) is 3.28. The summed E-state index contributed by atoms with van der Waals surface area (Å²) < 4.78 is 6.98. The highest BCUT2D eigenvalue weighted by Crippen LogP contribution is 2.27. The van der Waals surface area contributed by atoms with Gasteiger partial charge in [0.1, 0.15) is 5.76 Å². The number of hydrogen-bond acceptors (Lipinski definition) is 6. The molecule has 8 heteroatoms. The van der Waals surface area contributed by atoms with Crippen molar-refractivity contribution in [1.82, 2.24) is 19.9 Å². The van der Waals surface area contributed by atoms with Crippen molar-refractivity contribution >= 4 is 23.1 Å². The molecule has 0 radical (unpaired) electrons. The first-order valence-electron chi connectivity index (χ1n) is 8.77. The quantitative estimate of drug-likeness (QED) is 0.550. The third-order valence-electron chi connectivity index (χ3n) is 4.04. The number of nitrogens with one attached hydrogen (secondary N) is 1. The molecule has 1 aromatic carbocycles. The number of aromatic nitrogens is 4. The molecule has 0 atom stereocenters. The molecule has 28 heavy (non-hydrogen) atoms. The molecule has 7 nitrogen and oxygen atoms in total. The zero-order chi connectivity index (χ0) is 19.7. The molecule has 0 unspecified atom stereocenters. The topological polar surface area (TPSA) is 85.8 Å². The van der Waals surface area contributed by atoms with Gasteiger partial charge in [-0.15, -0.1) is 16.4 Å². The Bertz CT molecular complexity index is 1090. The van der Waals surface area contributed by atoms with Crippen LogP contribution in [0.2, 0.25) is 0 Å². The molecule has 1 amide bonds. The van der Waals surface area contributed by atoms with Crippen LogP contribution in [-0.2, 0) is 5.41 Å². The number of anilines is 1. The standard InChI is InChI=1S/C20H19N5O2S/c1-20(2,3)15-12-16(24-27-15)21-19(26)17-22-18(14-10-7-11-28-14)25(23-17)13-8-5-4-6-9-13/h4-12H,1-3H3,(H,21,24,26). The van der Waals surface area contributed by atoms with Gasteiger partial charge in [-0.3, -0.25) is 4.79 Å². The number of para-hydroxylation sites is 1. The summed E-state index contributed by atoms with van der Waals surface area (Å²) in [6.45, 7) is 6.03. The Balaban J connectivity index is 1.66. The van der Waals surface area contributed by atoms with E-state index in [9.17, 15) is 4.79 Å². The van der Waals surface area contributed by atoms with E-state index < -0.39 is 5.91 Å². The highest BCUT2D eigenvalue weighted by Gasteiger charge is 2.23. The van der Waals surface area contributed by atoms with Crippen molar-refractivity contribution in [3.8, 4) is 16.4 Å². The molecular formula is C20H19N5O2S. The molecule has 4 aromatic rings. The van der Waals surface area contributed by atoms with E-state index in [1.165, 1.54) is 11.3 Å². The van der Waals surface area contributed by atoms with Crippen LogP contribution in [0.25, 0.3) is 16.4 Å². The predicted molar refractivity (Wildman–Crippen MR) is 108 cm³/mol. The number of benzene rings is 1. The summed E-state index contributed by atoms with van der Waals surface area (Å²) >= 11 is 1.54. The maximum atomic E-state index is 12.7. The normalized spacial score (nSPS) is 11.5. The van der Waals surface area contributed by atoms with Crippen molar-refractivity contribution in [2.24, 2.45) is 0 Å². The van der Waals surface area contributed by atoms with E-state index in [-0.39, 0.29) is 11.2 Å². The van der Waals surface area contributed by atoms with Crippen molar-refractivity contribution in [3.63, 3.8) is 0 Å². The molecule has 4 rings (SSSR count). The third-order valence-corrected chi connectivity index (χ3v) is 4.91. The van der Waals surface area contributed by atoms with Gasteiger partial charge < -0.3 is 9.84 Å². The van der Waals surface area contributed by atoms with Crippen LogP contribution in [0, 0.1) is 0 Å². The summed E-state index contributed by atoms with van der Waals surface area (Å²) in [6, 6.07) is 15.2. The molecule has 3 aromatic heterocycles. The summed E-state index contributed by atoms with van der Waals surface area (Å²) in [6.07, 6.45) is 0. The second-order valence-electron chi connectivity index (χ2n) is 7.26. The lowest BCUT2D eigenvalue weighted by molar-refractivity contribution is 0.101. The summed E-state index contributed by atoms with van der Waals surface area (Å²) in [5.41, 5.74) is 0.629. The molecule has 0 aliphatic heterocycles. The van der Waals surface area contributed by atoms with Crippen LogP contribution in [0.15, 0.2) is 58.4 Å². The molecule has 142 valence electrons. The van der Waals surface area contributed by atoms with E-state index in [0.29, 0.717) is 17.4 Å². The number of thiophene rings is 1. The van der Waals surface area contributed by atoms with E-state index in [4.69, 9.17) is 4.52 Å². The van der Waals surface area contributed by atoms with Gasteiger partial charge in [-0.05, 0) is 23.6 Å². The molecule has 0 spiro atoms. The third kappa shape index (κ3) is 3.59. The molecular weight excluding hydrogens is 374 g/mol. The minimum atomic E-state index is -0.443. The molecule has 0 fully saturated rings. The predicted octanol–water partition coefficient (Wildman–Crippen LogP) is 4.53. The van der Waals surface area contributed by atoms with Crippen LogP contribution < -0.4 is 5.32 Å². The molecule has 0 aliphatic carbocycles. The van der Waals surface area contributed by atoms with Crippen molar-refractivity contribution in [3.05, 3.63) is 65.5 Å². The minimum Gasteiger partial charge on any atom is -0.359 e. The van der Waals surface area contributed by atoms with E-state index in [0.717, 1.165) is 10.6 Å². The molecule has 1 N–H and O–H groups in total. The Morgan fingerprint density at radius 3 is 2.57 bits per heavy atom. The monoisotopic (exact) mass is 393 g/mol. The van der Waals surface area contributed by atoms with Crippen molar-refractivity contribution in [2.45, 2.75) is 26.2 Å². The van der Waals surface area contributed by atoms with Gasteiger partial charge in [0, 0.05) is 11.5 Å². The smallest absolute Gasteiger partial charge is 0.296 e. The second kappa shape index (κ2) is 7.05. The van der Waals surface area contributed by atoms with Gasteiger partial charge in [0.25, 0.3) is 5.91 Å². The summed E-state index contributed by atoms with van der Waals surface area (Å²) in [4.78, 5) is 18.1. The van der Waals surface area contributed by atoms with Crippen molar-refractivity contribution in [2.75, 3.05) is 5.32 Å². The first-order valence-corrected chi connectivity index (χ1v) is 9.65. The fraction of sp³-hybridized carbons (Fsp3) is 0.200. The van der Waals surface area contributed by atoms with E-state index in [2.05, 4.69) is 20.6 Å². The summed E-state index contributed by atoms with van der Waals surface area (Å²) in [7, 11) is 0. The van der Waals surface area contributed by atoms with Crippen LogP contribution in [0.1, 0.15) is 37.2 Å². The first kappa shape index (κ1) is 18.1. The lowest BCUT2D eigenvalue weighted by Crippen LogP contribution is -2.14. The maximum absolute atomic E-state index is 12.7. The Kier molecular flexibility index (Phi) is 4.56. The number of carbonyl (C=O) groups is 1. The largest absolute Gasteiger partial charge is 0.359 e. The second-order valence-corrected chi connectivity index (χ2v) is 8.21. The zero-order valence-corrected chi connectivity index (χ0v) is 16.5. The number of carbonyl (C=O) groups excluding carboxylic acids is 1. The Labute approximate surface area is 166 Å². The molecule has 0 bridgehead atoms. The van der Waals surface area contributed by atoms with E-state index >= 15 is 0 Å². The average molecular weight is 393 g/mol. The van der Waals surface area contributed by atoms with Crippen LogP contribution in [-0.4, -0.2) is 25.8 Å². The molecule has 3 heterocycles. The maximum Gasteiger partial charge on any atom is 0.296 e. The van der Waals surface area contributed by atoms with Gasteiger partial charge in [0.05, 0.1) is 10.6 Å². The number of nitrogens with zero attached hydrogens (tertiary/aromatic N) is 4. The van der Waals surface area contributed by atoms with Crippen molar-refractivity contribution in [1.29, 1.82) is 0 Å². The van der Waals surface area contributed by atoms with Gasteiger partial charge in [0.2, 0.25) is 5.82 Å². The lowest BCUT2D eigenvalue weighted by Gasteiger charge is -2.11. The van der Waals surface area contributed by atoms with Gasteiger partial charge in [-0.1, -0.05) is 50.2 Å². The van der Waals surface area contributed by atoms with Crippen LogP contribution in [0.3, 0.4) is 0 Å². The highest BCUT2D eigenvalue weighted by atomic mass is 32.1. The van der Waals surface area contributed by atoms with E-state index in [1.807, 2.05) is 68.6 Å². The highest BCUT2D eigenvalue weighted by molar-refractivity contribution is 7.13. The SMILES string of the molecule is CC(C)(C)c1cc(NC(=O)c2nc(-c3cccs3)n(-c3ccccc3)n2)no1. The van der Waals surface area contributed by atoms with Gasteiger partial charge in [-0.25, -0.2) is 9.67 Å². The van der Waals surface area contributed by atoms with Gasteiger partial charge >= 0.3 is 0 Å². The Hall–Kier alpha value is -3.26. The van der Waals surface area contributed by atoms with E-state index in [1.54, 1.807) is 10.7 Å². The molecule has 0 saturated carbocycles. The van der Waals surface area contributed by atoms with Crippen LogP contribution in [0.4, 0.5) is 5.82 Å². The van der Waals surface area contributed by atoms with Crippen molar-refractivity contribution < 1.29 is 9.32 Å². The molecule has 0 saturated heterocycles. The Morgan fingerprint density at radius 1 is 1.14 bits per heavy atom. The zero-order valence-electron chi connectivity index (χ0n) is 15.7. The average Bonchev–Trinajstić information content (AvgIpc) is 3.41.